The summed E-state index contributed by atoms with van der Waals surface area (Å²) in [6, 6.07) is 7.60. The van der Waals surface area contributed by atoms with Crippen LogP contribution in [-0.2, 0) is 0 Å². The molecule has 4 heteroatoms. The summed E-state index contributed by atoms with van der Waals surface area (Å²) in [5.41, 5.74) is 3.36. The number of aryl methyl sites for hydroxylation is 2. The molecule has 0 saturated carbocycles. The van der Waals surface area contributed by atoms with Crippen LogP contribution in [0.3, 0.4) is 0 Å². The summed E-state index contributed by atoms with van der Waals surface area (Å²) >= 11 is 11.9. The Morgan fingerprint density at radius 1 is 0.750 bits per heavy atom. The number of pyridine rings is 2. The van der Waals surface area contributed by atoms with Gasteiger partial charge in [-0.05, 0) is 37.1 Å². The lowest BCUT2D eigenvalue weighted by molar-refractivity contribution is 1.20. The van der Waals surface area contributed by atoms with Crippen LogP contribution in [0.1, 0.15) is 11.1 Å². The van der Waals surface area contributed by atoms with Gasteiger partial charge in [0.2, 0.25) is 0 Å². The molecule has 0 N–H and O–H groups in total. The van der Waals surface area contributed by atoms with Crippen LogP contribution in [0.4, 0.5) is 0 Å². The van der Waals surface area contributed by atoms with E-state index in [0.29, 0.717) is 10.3 Å². The maximum atomic E-state index is 5.96. The smallest absolute Gasteiger partial charge is 0.132 e. The average molecular weight is 253 g/mol. The van der Waals surface area contributed by atoms with E-state index in [9.17, 15) is 0 Å². The lowest BCUT2D eigenvalue weighted by Gasteiger charge is -2.04. The largest absolute Gasteiger partial charge is 0.234 e. The van der Waals surface area contributed by atoms with E-state index in [1.807, 2.05) is 38.1 Å². The molecule has 0 amide bonds. The van der Waals surface area contributed by atoms with Crippen LogP contribution >= 0.6 is 23.2 Å². The first-order valence-corrected chi connectivity index (χ1v) is 5.60. The van der Waals surface area contributed by atoms with Crippen LogP contribution in [0.25, 0.3) is 11.4 Å². The predicted octanol–water partition coefficient (Wildman–Crippen LogP) is 4.07. The minimum absolute atomic E-state index is 0.496. The Labute approximate surface area is 104 Å². The maximum absolute atomic E-state index is 5.96. The second-order valence-corrected chi connectivity index (χ2v) is 4.32. The van der Waals surface area contributed by atoms with Gasteiger partial charge >= 0.3 is 0 Å². The Kier molecular flexibility index (Phi) is 3.13. The van der Waals surface area contributed by atoms with E-state index < -0.39 is 0 Å². The van der Waals surface area contributed by atoms with Gasteiger partial charge in [0.25, 0.3) is 0 Å². The lowest BCUT2D eigenvalue weighted by Crippen LogP contribution is -1.91. The van der Waals surface area contributed by atoms with Gasteiger partial charge in [0, 0.05) is 0 Å². The zero-order valence-electron chi connectivity index (χ0n) is 8.96. The van der Waals surface area contributed by atoms with E-state index in [1.165, 1.54) is 0 Å². The van der Waals surface area contributed by atoms with Crippen LogP contribution in [0, 0.1) is 13.8 Å². The van der Waals surface area contributed by atoms with Crippen molar-refractivity contribution in [2.45, 2.75) is 13.8 Å². The molecule has 2 aromatic rings. The number of aromatic nitrogens is 2. The summed E-state index contributed by atoms with van der Waals surface area (Å²) in [7, 11) is 0. The van der Waals surface area contributed by atoms with E-state index in [0.717, 1.165) is 22.5 Å². The maximum Gasteiger partial charge on any atom is 0.132 e. The van der Waals surface area contributed by atoms with Gasteiger partial charge in [0.1, 0.15) is 10.3 Å². The Balaban J connectivity index is 2.50. The fourth-order valence-electron chi connectivity index (χ4n) is 1.29. The van der Waals surface area contributed by atoms with Crippen molar-refractivity contribution in [3.63, 3.8) is 0 Å². The second-order valence-electron chi connectivity index (χ2n) is 3.61. The van der Waals surface area contributed by atoms with Gasteiger partial charge in [-0.15, -0.1) is 0 Å². The third kappa shape index (κ3) is 2.18. The molecular weight excluding hydrogens is 243 g/mol. The van der Waals surface area contributed by atoms with Crippen LogP contribution in [0.5, 0.6) is 0 Å². The topological polar surface area (TPSA) is 25.8 Å². The van der Waals surface area contributed by atoms with Crippen LogP contribution in [0.2, 0.25) is 10.3 Å². The minimum atomic E-state index is 0.496. The highest BCUT2D eigenvalue weighted by atomic mass is 35.5. The van der Waals surface area contributed by atoms with Crippen molar-refractivity contribution in [2.24, 2.45) is 0 Å². The van der Waals surface area contributed by atoms with E-state index >= 15 is 0 Å². The molecular formula is C12H10Cl2N2. The zero-order chi connectivity index (χ0) is 11.7. The highest BCUT2D eigenvalue weighted by molar-refractivity contribution is 6.30. The van der Waals surface area contributed by atoms with Crippen molar-refractivity contribution in [1.29, 1.82) is 0 Å². The zero-order valence-corrected chi connectivity index (χ0v) is 10.5. The van der Waals surface area contributed by atoms with Crippen molar-refractivity contribution < 1.29 is 0 Å². The molecule has 0 unspecified atom stereocenters. The monoisotopic (exact) mass is 252 g/mol. The van der Waals surface area contributed by atoms with Gasteiger partial charge in [-0.2, -0.15) is 0 Å². The van der Waals surface area contributed by atoms with Gasteiger partial charge < -0.3 is 0 Å². The molecule has 2 heterocycles. The Bertz CT molecular complexity index is 489. The molecule has 0 aliphatic rings. The summed E-state index contributed by atoms with van der Waals surface area (Å²) < 4.78 is 0. The van der Waals surface area contributed by atoms with Crippen molar-refractivity contribution in [3.05, 3.63) is 45.7 Å². The van der Waals surface area contributed by atoms with Gasteiger partial charge in [0.05, 0.1) is 11.4 Å². The van der Waals surface area contributed by atoms with Gasteiger partial charge in [-0.25, -0.2) is 9.97 Å². The summed E-state index contributed by atoms with van der Waals surface area (Å²) in [4.78, 5) is 8.52. The average Bonchev–Trinajstić information content (AvgIpc) is 2.26. The van der Waals surface area contributed by atoms with Crippen LogP contribution in [-0.4, -0.2) is 9.97 Å². The van der Waals surface area contributed by atoms with Gasteiger partial charge in [0.15, 0.2) is 0 Å². The Morgan fingerprint density at radius 2 is 1.12 bits per heavy atom. The molecule has 0 radical (unpaired) electrons. The molecule has 0 spiro atoms. The Hall–Kier alpha value is -1.12. The van der Waals surface area contributed by atoms with E-state index in [-0.39, 0.29) is 0 Å². The summed E-state index contributed by atoms with van der Waals surface area (Å²) in [5.74, 6) is 0. The SMILES string of the molecule is Cc1ccc(-c2ccc(C)c(Cl)n2)nc1Cl. The molecule has 0 aliphatic carbocycles. The number of nitrogens with zero attached hydrogens (tertiary/aromatic N) is 2. The molecule has 0 atom stereocenters. The fourth-order valence-corrected chi connectivity index (χ4v) is 1.60. The number of hydrogen-bond donors (Lipinski definition) is 0. The first-order valence-electron chi connectivity index (χ1n) is 4.84. The molecule has 16 heavy (non-hydrogen) atoms. The standard InChI is InChI=1S/C12H10Cl2N2/c1-7-3-5-9(15-11(7)13)10-6-4-8(2)12(14)16-10/h3-6H,1-2H3. The first kappa shape index (κ1) is 11.4. The highest BCUT2D eigenvalue weighted by Gasteiger charge is 2.05. The normalized spacial score (nSPS) is 10.5. The van der Waals surface area contributed by atoms with Crippen LogP contribution < -0.4 is 0 Å². The molecule has 0 saturated heterocycles. The van der Waals surface area contributed by atoms with Gasteiger partial charge in [-0.1, -0.05) is 35.3 Å². The Morgan fingerprint density at radius 3 is 1.44 bits per heavy atom. The summed E-state index contributed by atoms with van der Waals surface area (Å²) in [5, 5.41) is 0.993. The highest BCUT2D eigenvalue weighted by Crippen LogP contribution is 2.22. The quantitative estimate of drug-likeness (QED) is 0.716. The third-order valence-electron chi connectivity index (χ3n) is 2.33. The van der Waals surface area contributed by atoms with Crippen molar-refractivity contribution in [2.75, 3.05) is 0 Å². The second kappa shape index (κ2) is 4.40. The number of hydrogen-bond acceptors (Lipinski definition) is 2. The van der Waals surface area contributed by atoms with Crippen molar-refractivity contribution in [1.82, 2.24) is 9.97 Å². The lowest BCUT2D eigenvalue weighted by atomic mass is 10.2. The first-order chi connectivity index (χ1) is 7.58. The number of rotatable bonds is 1. The van der Waals surface area contributed by atoms with Crippen molar-refractivity contribution >= 4 is 23.2 Å². The predicted molar refractivity (Wildman–Crippen MR) is 67.0 cm³/mol. The van der Waals surface area contributed by atoms with E-state index in [2.05, 4.69) is 9.97 Å². The molecule has 0 fully saturated rings. The number of halogens is 2. The van der Waals surface area contributed by atoms with E-state index in [1.54, 1.807) is 0 Å². The molecule has 82 valence electrons. The summed E-state index contributed by atoms with van der Waals surface area (Å²) in [6.07, 6.45) is 0. The third-order valence-corrected chi connectivity index (χ3v) is 3.10. The van der Waals surface area contributed by atoms with Crippen LogP contribution in [0.15, 0.2) is 24.3 Å². The van der Waals surface area contributed by atoms with Gasteiger partial charge in [-0.3, -0.25) is 0 Å². The van der Waals surface area contributed by atoms with E-state index in [4.69, 9.17) is 23.2 Å². The van der Waals surface area contributed by atoms with Crippen molar-refractivity contribution in [3.8, 4) is 11.4 Å². The fraction of sp³-hybridized carbons (Fsp3) is 0.167. The molecule has 0 aliphatic heterocycles. The molecule has 2 rings (SSSR count). The molecule has 0 aromatic carbocycles. The summed E-state index contributed by atoms with van der Waals surface area (Å²) in [6.45, 7) is 3.82. The molecule has 2 nitrogen and oxygen atoms in total. The molecule has 2 aromatic heterocycles. The minimum Gasteiger partial charge on any atom is -0.234 e. The molecule has 0 bridgehead atoms.